The van der Waals surface area contributed by atoms with Gasteiger partial charge in [-0.1, -0.05) is 0 Å². The second-order valence-corrected chi connectivity index (χ2v) is 3.85. The van der Waals surface area contributed by atoms with E-state index in [0.29, 0.717) is 11.3 Å². The summed E-state index contributed by atoms with van der Waals surface area (Å²) in [4.78, 5) is 0. The second-order valence-electron chi connectivity index (χ2n) is 3.05. The summed E-state index contributed by atoms with van der Waals surface area (Å²) in [6, 6.07) is 3.69. The number of hydrogen-bond acceptors (Lipinski definition) is 3. The Morgan fingerprint density at radius 3 is 2.43 bits per heavy atom. The van der Waals surface area contributed by atoms with Crippen molar-refractivity contribution in [2.75, 3.05) is 5.73 Å². The maximum atomic E-state index is 5.94. The minimum Gasteiger partial charge on any atom is -0.463 e. The van der Waals surface area contributed by atoms with Crippen LogP contribution in [0.4, 0.5) is 5.69 Å². The number of benzene rings is 1. The number of hydrogen-bond donors (Lipinski definition) is 1. The molecule has 0 radical (unpaired) electrons. The van der Waals surface area contributed by atoms with Gasteiger partial charge in [-0.2, -0.15) is 0 Å². The highest BCUT2D eigenvalue weighted by Crippen LogP contribution is 2.38. The van der Waals surface area contributed by atoms with Gasteiger partial charge in [-0.05, 0) is 28.1 Å². The van der Waals surface area contributed by atoms with Crippen molar-refractivity contribution in [2.45, 2.75) is 0 Å². The lowest BCUT2D eigenvalue weighted by molar-refractivity contribution is 0.612. The molecule has 2 heterocycles. The largest absolute Gasteiger partial charge is 0.463 e. The van der Waals surface area contributed by atoms with Gasteiger partial charge in [0.1, 0.15) is 0 Å². The van der Waals surface area contributed by atoms with Gasteiger partial charge in [0, 0.05) is 10.8 Å². The van der Waals surface area contributed by atoms with Crippen LogP contribution >= 0.6 is 15.9 Å². The Morgan fingerprint density at radius 1 is 1.00 bits per heavy atom. The first-order valence-corrected chi connectivity index (χ1v) is 4.89. The van der Waals surface area contributed by atoms with Gasteiger partial charge >= 0.3 is 0 Å². The van der Waals surface area contributed by atoms with Gasteiger partial charge in [0.05, 0.1) is 22.7 Å². The van der Waals surface area contributed by atoms with E-state index < -0.39 is 0 Å². The molecular formula is C10H6BrNO2. The highest BCUT2D eigenvalue weighted by atomic mass is 79.9. The smallest absolute Gasteiger partial charge is 0.158 e. The van der Waals surface area contributed by atoms with E-state index in [9.17, 15) is 0 Å². The van der Waals surface area contributed by atoms with Crippen LogP contribution in [0.3, 0.4) is 0 Å². The molecule has 2 aromatic heterocycles. The van der Waals surface area contributed by atoms with Gasteiger partial charge in [-0.3, -0.25) is 0 Å². The number of halogens is 1. The Morgan fingerprint density at radius 2 is 1.64 bits per heavy atom. The summed E-state index contributed by atoms with van der Waals surface area (Å²) in [5, 5.41) is 1.81. The van der Waals surface area contributed by atoms with Crippen LogP contribution in [0.5, 0.6) is 0 Å². The summed E-state index contributed by atoms with van der Waals surface area (Å²) >= 11 is 3.47. The van der Waals surface area contributed by atoms with E-state index in [1.165, 1.54) is 0 Å². The fourth-order valence-electron chi connectivity index (χ4n) is 1.63. The van der Waals surface area contributed by atoms with Crippen molar-refractivity contribution >= 4 is 43.6 Å². The van der Waals surface area contributed by atoms with Crippen LogP contribution in [0.25, 0.3) is 21.9 Å². The van der Waals surface area contributed by atoms with Crippen LogP contribution in [0.2, 0.25) is 0 Å². The van der Waals surface area contributed by atoms with E-state index in [0.717, 1.165) is 20.8 Å². The summed E-state index contributed by atoms with van der Waals surface area (Å²) in [6.07, 6.45) is 3.23. The maximum Gasteiger partial charge on any atom is 0.158 e. The molecule has 0 amide bonds. The van der Waals surface area contributed by atoms with Gasteiger partial charge in [-0.25, -0.2) is 0 Å². The molecule has 3 aromatic rings. The van der Waals surface area contributed by atoms with E-state index in [4.69, 9.17) is 14.6 Å². The minimum atomic E-state index is 0.622. The highest BCUT2D eigenvalue weighted by molar-refractivity contribution is 9.10. The molecule has 14 heavy (non-hydrogen) atoms. The lowest BCUT2D eigenvalue weighted by atomic mass is 10.1. The Kier molecular flexibility index (Phi) is 1.44. The summed E-state index contributed by atoms with van der Waals surface area (Å²) < 4.78 is 11.5. The van der Waals surface area contributed by atoms with Crippen molar-refractivity contribution in [3.05, 3.63) is 29.1 Å². The predicted octanol–water partition coefficient (Wildman–Crippen LogP) is 3.52. The number of nitrogens with two attached hydrogens (primary N) is 1. The first-order chi connectivity index (χ1) is 6.79. The SMILES string of the molecule is Nc1c2ccoc2c(Br)c2ccoc12. The Bertz CT molecular complexity index is 521. The summed E-state index contributed by atoms with van der Waals surface area (Å²) in [6.45, 7) is 0. The fourth-order valence-corrected chi connectivity index (χ4v) is 2.25. The molecular weight excluding hydrogens is 246 g/mol. The molecule has 70 valence electrons. The Hall–Kier alpha value is -1.42. The van der Waals surface area contributed by atoms with E-state index in [1.54, 1.807) is 12.5 Å². The van der Waals surface area contributed by atoms with Crippen molar-refractivity contribution in [2.24, 2.45) is 0 Å². The van der Waals surface area contributed by atoms with E-state index in [-0.39, 0.29) is 0 Å². The molecule has 3 rings (SSSR count). The van der Waals surface area contributed by atoms with Crippen molar-refractivity contribution in [3.8, 4) is 0 Å². The molecule has 0 aliphatic rings. The van der Waals surface area contributed by atoms with Crippen molar-refractivity contribution < 1.29 is 8.83 Å². The predicted molar refractivity (Wildman–Crippen MR) is 58.1 cm³/mol. The van der Waals surface area contributed by atoms with Crippen LogP contribution in [0.1, 0.15) is 0 Å². The number of fused-ring (bicyclic) bond motifs is 2. The molecule has 0 saturated carbocycles. The average Bonchev–Trinajstić information content (AvgIpc) is 2.82. The van der Waals surface area contributed by atoms with Crippen molar-refractivity contribution in [1.29, 1.82) is 0 Å². The Labute approximate surface area is 87.6 Å². The normalized spacial score (nSPS) is 11.5. The summed E-state index contributed by atoms with van der Waals surface area (Å²) in [7, 11) is 0. The molecule has 0 saturated heterocycles. The van der Waals surface area contributed by atoms with Gasteiger partial charge in [0.2, 0.25) is 0 Å². The molecule has 0 aliphatic carbocycles. The standard InChI is InChI=1S/C10H6BrNO2/c11-7-5-1-3-14-10(5)8(12)6-2-4-13-9(6)7/h1-4H,12H2. The van der Waals surface area contributed by atoms with Crippen LogP contribution < -0.4 is 5.73 Å². The third kappa shape index (κ3) is 0.812. The molecule has 1 aromatic carbocycles. The summed E-state index contributed by atoms with van der Waals surface area (Å²) in [5.41, 5.74) is 8.02. The lowest BCUT2D eigenvalue weighted by Gasteiger charge is -1.99. The molecule has 0 aliphatic heterocycles. The maximum absolute atomic E-state index is 5.94. The van der Waals surface area contributed by atoms with Gasteiger partial charge < -0.3 is 14.6 Å². The zero-order valence-corrected chi connectivity index (χ0v) is 8.67. The van der Waals surface area contributed by atoms with Gasteiger partial charge in [-0.15, -0.1) is 0 Å². The molecule has 0 atom stereocenters. The molecule has 0 bridgehead atoms. The van der Waals surface area contributed by atoms with Crippen molar-refractivity contribution in [3.63, 3.8) is 0 Å². The van der Waals surface area contributed by atoms with Crippen LogP contribution in [0, 0.1) is 0 Å². The van der Waals surface area contributed by atoms with Crippen molar-refractivity contribution in [1.82, 2.24) is 0 Å². The first kappa shape index (κ1) is 7.94. The third-order valence-corrected chi connectivity index (χ3v) is 3.09. The quantitative estimate of drug-likeness (QED) is 0.622. The lowest BCUT2D eigenvalue weighted by Crippen LogP contribution is -1.86. The van der Waals surface area contributed by atoms with Gasteiger partial charge in [0.25, 0.3) is 0 Å². The molecule has 3 nitrogen and oxygen atoms in total. The molecule has 0 spiro atoms. The van der Waals surface area contributed by atoms with Crippen LogP contribution in [-0.4, -0.2) is 0 Å². The topological polar surface area (TPSA) is 52.3 Å². The monoisotopic (exact) mass is 251 g/mol. The van der Waals surface area contributed by atoms with E-state index >= 15 is 0 Å². The number of furan rings is 2. The molecule has 4 heteroatoms. The summed E-state index contributed by atoms with van der Waals surface area (Å²) in [5.74, 6) is 0. The first-order valence-electron chi connectivity index (χ1n) is 4.10. The fraction of sp³-hybridized carbons (Fsp3) is 0. The number of rotatable bonds is 0. The zero-order chi connectivity index (χ0) is 9.71. The average molecular weight is 252 g/mol. The van der Waals surface area contributed by atoms with Crippen LogP contribution in [-0.2, 0) is 0 Å². The molecule has 2 N–H and O–H groups in total. The number of anilines is 1. The van der Waals surface area contributed by atoms with Gasteiger partial charge in [0.15, 0.2) is 11.2 Å². The van der Waals surface area contributed by atoms with E-state index in [2.05, 4.69) is 15.9 Å². The minimum absolute atomic E-state index is 0.622. The highest BCUT2D eigenvalue weighted by Gasteiger charge is 2.14. The van der Waals surface area contributed by atoms with Crippen LogP contribution in [0.15, 0.2) is 38.0 Å². The zero-order valence-electron chi connectivity index (χ0n) is 7.08. The third-order valence-electron chi connectivity index (χ3n) is 2.30. The number of nitrogen functional groups attached to an aromatic ring is 1. The molecule has 0 fully saturated rings. The Balaban J connectivity index is 2.72. The second kappa shape index (κ2) is 2.54. The van der Waals surface area contributed by atoms with E-state index in [1.807, 2.05) is 12.1 Å². The molecule has 0 unspecified atom stereocenters.